The Balaban J connectivity index is -0.0000000770. The molecule has 0 bridgehead atoms. The molecule has 2 fully saturated rings. The average molecular weight is 334 g/mol. The smallest absolute Gasteiger partial charge is 0.358 e. The molecule has 110 valence electrons. The van der Waals surface area contributed by atoms with Crippen molar-refractivity contribution in [2.75, 3.05) is 0 Å². The predicted octanol–water partition coefficient (Wildman–Crippen LogP) is 6.58. The maximum absolute atomic E-state index is 2.00. The Morgan fingerprint density at radius 2 is 0.833 bits per heavy atom. The van der Waals surface area contributed by atoms with Crippen LogP contribution in [0.5, 0.6) is 0 Å². The number of hydrogen-bond acceptors (Lipinski definition) is 0. The largest absolute Gasteiger partial charge is 4.00 e. The normalized spacial score (nSPS) is 17.7. The van der Waals surface area contributed by atoms with Gasteiger partial charge in [0, 0.05) is 0 Å². The zero-order valence-electron chi connectivity index (χ0n) is 14.0. The van der Waals surface area contributed by atoms with Gasteiger partial charge in [0.1, 0.15) is 0 Å². The van der Waals surface area contributed by atoms with Crippen molar-refractivity contribution in [1.82, 2.24) is 0 Å². The van der Waals surface area contributed by atoms with Gasteiger partial charge in [0.05, 0.1) is 0 Å². The van der Waals surface area contributed by atoms with Crippen molar-refractivity contribution in [3.8, 4) is 0 Å². The van der Waals surface area contributed by atoms with E-state index in [1.165, 1.54) is 25.7 Å². The molecule has 0 N–H and O–H groups in total. The van der Waals surface area contributed by atoms with Gasteiger partial charge in [-0.1, -0.05) is 65.2 Å². The van der Waals surface area contributed by atoms with Gasteiger partial charge in [-0.2, -0.15) is 0 Å². The zero-order chi connectivity index (χ0) is 9.52. The Morgan fingerprint density at radius 1 is 0.611 bits per heavy atom. The van der Waals surface area contributed by atoms with Gasteiger partial charge in [-0.05, 0) is 18.3 Å². The zero-order valence-corrected chi connectivity index (χ0v) is 16.5. The van der Waals surface area contributed by atoms with E-state index in [1.54, 1.807) is 32.1 Å². The van der Waals surface area contributed by atoms with Crippen molar-refractivity contribution in [2.45, 2.75) is 71.6 Å². The Morgan fingerprint density at radius 3 is 1.06 bits per heavy atom. The van der Waals surface area contributed by atoms with Crippen LogP contribution >= 0.6 is 0 Å². The molecule has 2 saturated carbocycles. The van der Waals surface area contributed by atoms with Gasteiger partial charge < -0.3 is 29.7 Å². The molecule has 0 atom stereocenters. The van der Waals surface area contributed by atoms with E-state index in [0.717, 1.165) is 11.8 Å². The van der Waals surface area contributed by atoms with Crippen LogP contribution in [0.25, 0.3) is 0 Å². The Kier molecular flexibility index (Phi) is 35.2. The van der Waals surface area contributed by atoms with Crippen molar-refractivity contribution >= 4 is 0 Å². The fourth-order valence-electron chi connectivity index (χ4n) is 2.96. The molecule has 2 rings (SSSR count). The van der Waals surface area contributed by atoms with E-state index >= 15 is 0 Å². The molecule has 0 amide bonds. The summed E-state index contributed by atoms with van der Waals surface area (Å²) in [6, 6.07) is 0. The first kappa shape index (κ1) is 31.3. The topological polar surface area (TPSA) is 0 Å². The van der Waals surface area contributed by atoms with Crippen LogP contribution in [0.3, 0.4) is 0 Å². The van der Waals surface area contributed by atoms with E-state index < -0.39 is 0 Å². The SMILES string of the molecule is C1CCC(CC2CCCC2)C1.CC.[CH3-].[CH3-].[CH3-].[CH3-].[Zr+4]. The van der Waals surface area contributed by atoms with E-state index in [0.29, 0.717) is 0 Å². The molecule has 2 aliphatic rings. The molecular weight excluding hydrogens is 295 g/mol. The summed E-state index contributed by atoms with van der Waals surface area (Å²) in [5.74, 6) is 2.27. The molecular formula is C17H38Zr. The molecule has 1 heteroatoms. The van der Waals surface area contributed by atoms with Gasteiger partial charge >= 0.3 is 26.2 Å². The summed E-state index contributed by atoms with van der Waals surface area (Å²) in [4.78, 5) is 0. The third kappa shape index (κ3) is 11.9. The van der Waals surface area contributed by atoms with Crippen LogP contribution in [-0.4, -0.2) is 0 Å². The van der Waals surface area contributed by atoms with E-state index in [9.17, 15) is 0 Å². The third-order valence-corrected chi connectivity index (χ3v) is 3.62. The number of rotatable bonds is 2. The number of hydrogen-bond donors (Lipinski definition) is 0. The first-order chi connectivity index (χ1) is 6.45. The van der Waals surface area contributed by atoms with Gasteiger partial charge in [0.15, 0.2) is 0 Å². The van der Waals surface area contributed by atoms with Gasteiger partial charge in [-0.15, -0.1) is 0 Å². The van der Waals surface area contributed by atoms with Crippen molar-refractivity contribution in [1.29, 1.82) is 0 Å². The van der Waals surface area contributed by atoms with Crippen molar-refractivity contribution in [2.24, 2.45) is 11.8 Å². The van der Waals surface area contributed by atoms with Crippen LogP contribution in [0.4, 0.5) is 0 Å². The fraction of sp³-hybridized carbons (Fsp3) is 0.765. The van der Waals surface area contributed by atoms with E-state index in [2.05, 4.69) is 0 Å². The molecule has 0 radical (unpaired) electrons. The first-order valence-electron chi connectivity index (χ1n) is 6.45. The fourth-order valence-corrected chi connectivity index (χ4v) is 2.96. The minimum absolute atomic E-state index is 0. The van der Waals surface area contributed by atoms with Crippen LogP contribution in [0.15, 0.2) is 0 Å². The maximum Gasteiger partial charge on any atom is 4.00 e. The summed E-state index contributed by atoms with van der Waals surface area (Å²) < 4.78 is 0. The summed E-state index contributed by atoms with van der Waals surface area (Å²) in [6.07, 6.45) is 13.9. The van der Waals surface area contributed by atoms with Crippen LogP contribution in [-0.2, 0) is 26.2 Å². The third-order valence-electron chi connectivity index (χ3n) is 3.62. The van der Waals surface area contributed by atoms with Crippen molar-refractivity contribution < 1.29 is 26.2 Å². The van der Waals surface area contributed by atoms with Crippen LogP contribution < -0.4 is 0 Å². The van der Waals surface area contributed by atoms with E-state index in [4.69, 9.17) is 0 Å². The molecule has 0 nitrogen and oxygen atoms in total. The molecule has 0 aromatic rings. The quantitative estimate of drug-likeness (QED) is 0.500. The molecule has 0 heterocycles. The summed E-state index contributed by atoms with van der Waals surface area (Å²) in [6.45, 7) is 4.00. The van der Waals surface area contributed by atoms with Crippen molar-refractivity contribution in [3.63, 3.8) is 0 Å². The summed E-state index contributed by atoms with van der Waals surface area (Å²) in [5.41, 5.74) is 0. The Bertz CT molecular complexity index is 96.8. The second-order valence-electron chi connectivity index (χ2n) is 4.54. The minimum atomic E-state index is 0. The summed E-state index contributed by atoms with van der Waals surface area (Å²) in [5, 5.41) is 0. The molecule has 18 heavy (non-hydrogen) atoms. The first-order valence-corrected chi connectivity index (χ1v) is 6.45. The average Bonchev–Trinajstić information content (AvgIpc) is 2.81. The standard InChI is InChI=1S/C11H20.C2H6.4CH3.Zr/c1-2-6-10(5-1)9-11-7-3-4-8-11;1-2;;;;;/h10-11H,1-9H2;1-2H3;4*1H3;/q;;4*-1;+4. The maximum atomic E-state index is 2.00. The van der Waals surface area contributed by atoms with Crippen molar-refractivity contribution in [3.05, 3.63) is 29.7 Å². The second kappa shape index (κ2) is 20.2. The molecule has 0 saturated heterocycles. The Labute approximate surface area is 139 Å². The molecule has 0 spiro atoms. The predicted molar refractivity (Wildman–Crippen MR) is 85.5 cm³/mol. The molecule has 0 aliphatic heterocycles. The molecule has 0 unspecified atom stereocenters. The molecule has 0 aromatic carbocycles. The molecule has 0 aromatic heterocycles. The van der Waals surface area contributed by atoms with Crippen LogP contribution in [0, 0.1) is 41.5 Å². The van der Waals surface area contributed by atoms with Gasteiger partial charge in [0.2, 0.25) is 0 Å². The molecule has 2 aliphatic carbocycles. The minimum Gasteiger partial charge on any atom is -0.358 e. The van der Waals surface area contributed by atoms with Gasteiger partial charge in [-0.3, -0.25) is 0 Å². The van der Waals surface area contributed by atoms with Crippen LogP contribution in [0.1, 0.15) is 71.6 Å². The summed E-state index contributed by atoms with van der Waals surface area (Å²) >= 11 is 0. The van der Waals surface area contributed by atoms with Gasteiger partial charge in [-0.25, -0.2) is 0 Å². The Hall–Kier alpha value is 0.883. The van der Waals surface area contributed by atoms with Gasteiger partial charge in [0.25, 0.3) is 0 Å². The van der Waals surface area contributed by atoms with E-state index in [1.807, 2.05) is 13.8 Å². The van der Waals surface area contributed by atoms with E-state index in [-0.39, 0.29) is 55.9 Å². The second-order valence-corrected chi connectivity index (χ2v) is 4.54. The van der Waals surface area contributed by atoms with Crippen LogP contribution in [0.2, 0.25) is 0 Å². The monoisotopic (exact) mass is 332 g/mol. The summed E-state index contributed by atoms with van der Waals surface area (Å²) in [7, 11) is 0.